The first-order valence-corrected chi connectivity index (χ1v) is 13.1. The van der Waals surface area contributed by atoms with Crippen molar-refractivity contribution in [3.8, 4) is 22.6 Å². The normalized spacial score (nSPS) is 11.0. The number of ether oxygens (including phenoxy) is 2. The van der Waals surface area contributed by atoms with Crippen LogP contribution in [0.1, 0.15) is 68.7 Å². The van der Waals surface area contributed by atoms with Crippen molar-refractivity contribution in [1.29, 1.82) is 0 Å². The Morgan fingerprint density at radius 1 is 0.868 bits per heavy atom. The number of benzene rings is 3. The van der Waals surface area contributed by atoms with Crippen molar-refractivity contribution in [2.75, 3.05) is 26.1 Å². The highest BCUT2D eigenvalue weighted by Crippen LogP contribution is 2.34. The van der Waals surface area contributed by atoms with Gasteiger partial charge in [0.1, 0.15) is 18.0 Å². The summed E-state index contributed by atoms with van der Waals surface area (Å²) in [5.41, 5.74) is 7.02. The maximum absolute atomic E-state index is 13.2. The van der Waals surface area contributed by atoms with Gasteiger partial charge < -0.3 is 19.7 Å². The van der Waals surface area contributed by atoms with Gasteiger partial charge in [-0.3, -0.25) is 9.59 Å². The number of methoxy groups -OCH3 is 2. The molecule has 0 saturated carbocycles. The standard InChI is InChI=1S/C32H40N2O4/c1-20(2)28-12-10-13-29(21(3)4)32(28)33-31(36)19-34(23(6)35)18-24-11-9-14-30(22(24)5)25-15-26(37-7)17-27(16-25)38-8/h9-17,20-21H,18-19H2,1-8H3,(H,33,36). The Hall–Kier alpha value is -3.80. The minimum Gasteiger partial charge on any atom is -0.497 e. The number of amides is 2. The molecule has 3 aromatic carbocycles. The summed E-state index contributed by atoms with van der Waals surface area (Å²) in [6.07, 6.45) is 0. The molecule has 38 heavy (non-hydrogen) atoms. The molecule has 0 fully saturated rings. The maximum atomic E-state index is 13.2. The van der Waals surface area contributed by atoms with Crippen molar-refractivity contribution >= 4 is 17.5 Å². The number of para-hydroxylation sites is 1. The van der Waals surface area contributed by atoms with E-state index in [0.717, 1.165) is 39.1 Å². The van der Waals surface area contributed by atoms with Gasteiger partial charge in [-0.2, -0.15) is 0 Å². The van der Waals surface area contributed by atoms with E-state index in [9.17, 15) is 9.59 Å². The lowest BCUT2D eigenvalue weighted by atomic mass is 9.92. The third kappa shape index (κ3) is 6.74. The molecule has 0 saturated heterocycles. The predicted octanol–water partition coefficient (Wildman–Crippen LogP) is 6.91. The summed E-state index contributed by atoms with van der Waals surface area (Å²) in [6, 6.07) is 17.9. The first-order chi connectivity index (χ1) is 18.0. The molecular formula is C32H40N2O4. The number of anilines is 1. The molecule has 0 aliphatic carbocycles. The Kier molecular flexibility index (Phi) is 9.56. The molecule has 0 aliphatic rings. The quantitative estimate of drug-likeness (QED) is 0.318. The number of hydrogen-bond donors (Lipinski definition) is 1. The summed E-state index contributed by atoms with van der Waals surface area (Å²) in [5.74, 6) is 1.56. The summed E-state index contributed by atoms with van der Waals surface area (Å²) in [5, 5.41) is 3.13. The molecule has 0 heterocycles. The zero-order chi connectivity index (χ0) is 28.0. The monoisotopic (exact) mass is 516 g/mol. The van der Waals surface area contributed by atoms with Crippen molar-refractivity contribution in [3.05, 3.63) is 76.9 Å². The van der Waals surface area contributed by atoms with Gasteiger partial charge in [-0.05, 0) is 64.3 Å². The SMILES string of the molecule is COc1cc(OC)cc(-c2cccc(CN(CC(=O)Nc3c(C(C)C)cccc3C(C)C)C(C)=O)c2C)c1. The lowest BCUT2D eigenvalue weighted by Gasteiger charge is -2.24. The van der Waals surface area contributed by atoms with Gasteiger partial charge in [-0.25, -0.2) is 0 Å². The van der Waals surface area contributed by atoms with E-state index >= 15 is 0 Å². The second kappa shape index (κ2) is 12.6. The third-order valence-electron chi connectivity index (χ3n) is 6.89. The zero-order valence-electron chi connectivity index (χ0n) is 23.8. The number of carbonyl (C=O) groups is 2. The van der Waals surface area contributed by atoms with Crippen molar-refractivity contribution in [3.63, 3.8) is 0 Å². The van der Waals surface area contributed by atoms with Gasteiger partial charge in [0.15, 0.2) is 0 Å². The predicted molar refractivity (Wildman–Crippen MR) is 154 cm³/mol. The van der Waals surface area contributed by atoms with E-state index in [2.05, 4.69) is 45.1 Å². The fourth-order valence-corrected chi connectivity index (χ4v) is 4.66. The highest BCUT2D eigenvalue weighted by Gasteiger charge is 2.20. The van der Waals surface area contributed by atoms with E-state index < -0.39 is 0 Å². The molecule has 6 nitrogen and oxygen atoms in total. The van der Waals surface area contributed by atoms with Crippen LogP contribution in [0, 0.1) is 6.92 Å². The molecule has 0 unspecified atom stereocenters. The minimum absolute atomic E-state index is 0.0318. The Labute approximate surface area is 227 Å². The average molecular weight is 517 g/mol. The average Bonchev–Trinajstić information content (AvgIpc) is 2.88. The molecule has 202 valence electrons. The smallest absolute Gasteiger partial charge is 0.244 e. The van der Waals surface area contributed by atoms with Crippen molar-refractivity contribution < 1.29 is 19.1 Å². The second-order valence-electron chi connectivity index (χ2n) is 10.2. The molecule has 0 radical (unpaired) electrons. The first-order valence-electron chi connectivity index (χ1n) is 13.1. The van der Waals surface area contributed by atoms with Crippen LogP contribution in [0.5, 0.6) is 11.5 Å². The highest BCUT2D eigenvalue weighted by atomic mass is 16.5. The van der Waals surface area contributed by atoms with Crippen LogP contribution in [-0.2, 0) is 16.1 Å². The fourth-order valence-electron chi connectivity index (χ4n) is 4.66. The third-order valence-corrected chi connectivity index (χ3v) is 6.89. The van der Waals surface area contributed by atoms with Gasteiger partial charge in [-0.15, -0.1) is 0 Å². The van der Waals surface area contributed by atoms with E-state index in [1.54, 1.807) is 19.1 Å². The summed E-state index contributed by atoms with van der Waals surface area (Å²) >= 11 is 0. The summed E-state index contributed by atoms with van der Waals surface area (Å²) < 4.78 is 10.9. The van der Waals surface area contributed by atoms with Gasteiger partial charge in [0, 0.05) is 25.2 Å². The maximum Gasteiger partial charge on any atom is 0.244 e. The van der Waals surface area contributed by atoms with Crippen LogP contribution >= 0.6 is 0 Å². The van der Waals surface area contributed by atoms with E-state index in [1.807, 2.05) is 49.4 Å². The molecule has 0 bridgehead atoms. The zero-order valence-corrected chi connectivity index (χ0v) is 23.8. The minimum atomic E-state index is -0.207. The largest absolute Gasteiger partial charge is 0.497 e. The Balaban J connectivity index is 1.87. The Morgan fingerprint density at radius 2 is 1.42 bits per heavy atom. The lowest BCUT2D eigenvalue weighted by molar-refractivity contribution is -0.133. The van der Waals surface area contributed by atoms with Crippen LogP contribution in [0.25, 0.3) is 11.1 Å². The Morgan fingerprint density at radius 3 is 1.92 bits per heavy atom. The number of carbonyl (C=O) groups excluding carboxylic acids is 2. The molecule has 1 N–H and O–H groups in total. The second-order valence-corrected chi connectivity index (χ2v) is 10.2. The number of nitrogens with one attached hydrogen (secondary N) is 1. The molecule has 3 rings (SSSR count). The molecule has 0 spiro atoms. The van der Waals surface area contributed by atoms with Gasteiger partial charge in [0.2, 0.25) is 11.8 Å². The Bertz CT molecular complexity index is 1250. The highest BCUT2D eigenvalue weighted by molar-refractivity contribution is 5.96. The fraction of sp³-hybridized carbons (Fsp3) is 0.375. The van der Waals surface area contributed by atoms with Crippen LogP contribution < -0.4 is 14.8 Å². The number of rotatable bonds is 10. The van der Waals surface area contributed by atoms with E-state index in [1.165, 1.54) is 6.92 Å². The summed E-state index contributed by atoms with van der Waals surface area (Å²) in [4.78, 5) is 27.5. The number of hydrogen-bond acceptors (Lipinski definition) is 4. The van der Waals surface area contributed by atoms with Gasteiger partial charge >= 0.3 is 0 Å². The van der Waals surface area contributed by atoms with Gasteiger partial charge in [0.05, 0.1) is 14.2 Å². The van der Waals surface area contributed by atoms with Gasteiger partial charge in [0.25, 0.3) is 0 Å². The van der Waals surface area contributed by atoms with Crippen molar-refractivity contribution in [2.24, 2.45) is 0 Å². The molecule has 0 aromatic heterocycles. The van der Waals surface area contributed by atoms with Crippen LogP contribution in [0.2, 0.25) is 0 Å². The topological polar surface area (TPSA) is 67.9 Å². The number of nitrogens with zero attached hydrogens (tertiary/aromatic N) is 1. The van der Waals surface area contributed by atoms with Crippen LogP contribution in [0.3, 0.4) is 0 Å². The molecular weight excluding hydrogens is 476 g/mol. The molecule has 0 atom stereocenters. The van der Waals surface area contributed by atoms with E-state index in [4.69, 9.17) is 9.47 Å². The van der Waals surface area contributed by atoms with Crippen LogP contribution in [0.4, 0.5) is 5.69 Å². The summed E-state index contributed by atoms with van der Waals surface area (Å²) in [6.45, 7) is 12.3. The van der Waals surface area contributed by atoms with Crippen LogP contribution in [-0.4, -0.2) is 37.5 Å². The van der Waals surface area contributed by atoms with E-state index in [-0.39, 0.29) is 30.2 Å². The molecule has 6 heteroatoms. The van der Waals surface area contributed by atoms with Crippen molar-refractivity contribution in [1.82, 2.24) is 4.90 Å². The van der Waals surface area contributed by atoms with E-state index in [0.29, 0.717) is 18.0 Å². The molecule has 3 aromatic rings. The van der Waals surface area contributed by atoms with Crippen molar-refractivity contribution in [2.45, 2.75) is 59.9 Å². The lowest BCUT2D eigenvalue weighted by Crippen LogP contribution is -2.36. The molecule has 0 aliphatic heterocycles. The summed E-state index contributed by atoms with van der Waals surface area (Å²) in [7, 11) is 3.25. The first kappa shape index (κ1) is 28.8. The van der Waals surface area contributed by atoms with Gasteiger partial charge in [-0.1, -0.05) is 64.1 Å². The van der Waals surface area contributed by atoms with Crippen LogP contribution in [0.15, 0.2) is 54.6 Å². The molecule has 2 amide bonds.